The highest BCUT2D eigenvalue weighted by atomic mass is 32.1. The molecule has 0 saturated carbocycles. The number of carbonyl (C=O) groups is 1. The summed E-state index contributed by atoms with van der Waals surface area (Å²) in [6.45, 7) is 1.17. The Morgan fingerprint density at radius 1 is 1.33 bits per heavy atom. The number of nitrogens with one attached hydrogen (secondary N) is 1. The number of carboxylic acid groups (broad SMARTS) is 1. The lowest BCUT2D eigenvalue weighted by Gasteiger charge is -2.34. The minimum Gasteiger partial charge on any atom is -0.477 e. The molecule has 1 aliphatic heterocycles. The monoisotopic (exact) mass is 482 g/mol. The molecule has 13 heteroatoms. The van der Waals surface area contributed by atoms with Gasteiger partial charge in [-0.2, -0.15) is 13.2 Å². The van der Waals surface area contributed by atoms with Crippen molar-refractivity contribution < 1.29 is 28.2 Å². The van der Waals surface area contributed by atoms with Crippen LogP contribution >= 0.6 is 11.3 Å². The third kappa shape index (κ3) is 4.84. The molecule has 5 N–H and O–H groups in total. The maximum Gasteiger partial charge on any atom is 0.417 e. The summed E-state index contributed by atoms with van der Waals surface area (Å²) in [5, 5.41) is 22.3. The van der Waals surface area contributed by atoms with Crippen molar-refractivity contribution in [2.75, 3.05) is 30.3 Å². The van der Waals surface area contributed by atoms with E-state index >= 15 is 0 Å². The van der Waals surface area contributed by atoms with Crippen LogP contribution in [0.25, 0.3) is 10.2 Å². The number of rotatable bonds is 6. The average Bonchev–Trinajstić information content (AvgIpc) is 3.14. The number of hydrogen-bond donors (Lipinski definition) is 4. The zero-order valence-electron chi connectivity index (χ0n) is 17.2. The Morgan fingerprint density at radius 2 is 2.06 bits per heavy atom. The molecule has 4 heterocycles. The molecule has 0 amide bonds. The molecule has 0 aromatic carbocycles. The van der Waals surface area contributed by atoms with Crippen LogP contribution in [0.5, 0.6) is 0 Å². The normalized spacial score (nSPS) is 16.3. The molecule has 0 bridgehead atoms. The Bertz CT molecular complexity index is 1150. The van der Waals surface area contributed by atoms with Crippen LogP contribution < -0.4 is 16.0 Å². The van der Waals surface area contributed by atoms with E-state index in [0.717, 1.165) is 6.07 Å². The number of aliphatic hydroxyl groups excluding tert-OH is 1. The molecule has 0 spiro atoms. The second-order valence-corrected chi connectivity index (χ2v) is 8.67. The largest absolute Gasteiger partial charge is 0.477 e. The number of hydrogen-bond acceptors (Lipinski definition) is 9. The van der Waals surface area contributed by atoms with E-state index < -0.39 is 29.5 Å². The van der Waals surface area contributed by atoms with Gasteiger partial charge in [0.05, 0.1) is 23.1 Å². The number of nitrogens with two attached hydrogens (primary N) is 1. The van der Waals surface area contributed by atoms with Crippen LogP contribution in [0, 0.1) is 0 Å². The zero-order chi connectivity index (χ0) is 23.8. The van der Waals surface area contributed by atoms with E-state index in [1.165, 1.54) is 18.6 Å². The van der Waals surface area contributed by atoms with E-state index in [-0.39, 0.29) is 33.5 Å². The maximum atomic E-state index is 13.7. The summed E-state index contributed by atoms with van der Waals surface area (Å²) in [5.41, 5.74) is 4.77. The van der Waals surface area contributed by atoms with Crippen LogP contribution in [0.3, 0.4) is 0 Å². The SMILES string of the molecule is Nc1c(C(=O)O)sc2nc(N3CCC(NCC(O)c4cnccn4)CC3)cc(C(F)(F)F)c12. The highest BCUT2D eigenvalue weighted by Gasteiger charge is 2.37. The van der Waals surface area contributed by atoms with Gasteiger partial charge in [-0.25, -0.2) is 9.78 Å². The molecule has 9 nitrogen and oxygen atoms in total. The van der Waals surface area contributed by atoms with Crippen LogP contribution in [-0.4, -0.2) is 56.8 Å². The van der Waals surface area contributed by atoms with Gasteiger partial charge in [0, 0.05) is 43.5 Å². The number of piperidine rings is 1. The van der Waals surface area contributed by atoms with Crippen LogP contribution in [0.2, 0.25) is 0 Å². The number of nitrogen functional groups attached to an aromatic ring is 1. The first-order valence-corrected chi connectivity index (χ1v) is 10.9. The summed E-state index contributed by atoms with van der Waals surface area (Å²) in [5.74, 6) is -1.26. The molecule has 1 unspecified atom stereocenters. The Balaban J connectivity index is 1.48. The Morgan fingerprint density at radius 3 is 2.67 bits per heavy atom. The lowest BCUT2D eigenvalue weighted by atomic mass is 10.0. The smallest absolute Gasteiger partial charge is 0.417 e. The van der Waals surface area contributed by atoms with E-state index in [1.54, 1.807) is 4.90 Å². The molecule has 1 saturated heterocycles. The predicted molar refractivity (Wildman–Crippen MR) is 116 cm³/mol. The topological polar surface area (TPSA) is 137 Å². The summed E-state index contributed by atoms with van der Waals surface area (Å²) >= 11 is 0.637. The average molecular weight is 482 g/mol. The lowest BCUT2D eigenvalue weighted by Crippen LogP contribution is -2.44. The fourth-order valence-electron chi connectivity index (χ4n) is 3.83. The molecular formula is C20H21F3N6O3S. The molecule has 0 aliphatic carbocycles. The molecule has 0 radical (unpaired) electrons. The third-order valence-corrected chi connectivity index (χ3v) is 6.62. The maximum absolute atomic E-state index is 13.7. The molecule has 3 aromatic heterocycles. The number of fused-ring (bicyclic) bond motifs is 1. The first-order valence-electron chi connectivity index (χ1n) is 10.1. The van der Waals surface area contributed by atoms with Crippen molar-refractivity contribution in [3.05, 3.63) is 40.8 Å². The Kier molecular flexibility index (Phi) is 6.36. The van der Waals surface area contributed by atoms with Crippen molar-refractivity contribution in [1.82, 2.24) is 20.3 Å². The number of anilines is 2. The molecule has 33 heavy (non-hydrogen) atoms. The summed E-state index contributed by atoms with van der Waals surface area (Å²) < 4.78 is 41.2. The van der Waals surface area contributed by atoms with Gasteiger partial charge in [0.1, 0.15) is 21.6 Å². The summed E-state index contributed by atoms with van der Waals surface area (Å²) in [4.78, 5) is 25.0. The van der Waals surface area contributed by atoms with Crippen LogP contribution in [0.1, 0.15) is 39.9 Å². The van der Waals surface area contributed by atoms with Crippen molar-refractivity contribution in [2.45, 2.75) is 31.2 Å². The molecule has 1 aliphatic rings. The van der Waals surface area contributed by atoms with E-state index in [4.69, 9.17) is 5.73 Å². The number of carboxylic acids is 1. The molecular weight excluding hydrogens is 461 g/mol. The van der Waals surface area contributed by atoms with Crippen LogP contribution in [-0.2, 0) is 6.18 Å². The Labute approximate surface area is 190 Å². The first kappa shape index (κ1) is 23.1. The van der Waals surface area contributed by atoms with Gasteiger partial charge in [-0.05, 0) is 18.9 Å². The van der Waals surface area contributed by atoms with Gasteiger partial charge in [0.15, 0.2) is 0 Å². The minimum absolute atomic E-state index is 0.0536. The first-order chi connectivity index (χ1) is 15.6. The minimum atomic E-state index is -4.71. The van der Waals surface area contributed by atoms with Gasteiger partial charge in [-0.3, -0.25) is 9.97 Å². The number of pyridine rings is 1. The van der Waals surface area contributed by atoms with Gasteiger partial charge < -0.3 is 26.2 Å². The van der Waals surface area contributed by atoms with Crippen molar-refractivity contribution in [2.24, 2.45) is 0 Å². The van der Waals surface area contributed by atoms with Gasteiger partial charge in [0.2, 0.25) is 0 Å². The number of nitrogens with zero attached hydrogens (tertiary/aromatic N) is 4. The summed E-state index contributed by atoms with van der Waals surface area (Å²) in [6.07, 6.45) is 0.225. The molecule has 1 atom stereocenters. The molecule has 1 fully saturated rings. The molecule has 4 rings (SSSR count). The van der Waals surface area contributed by atoms with Crippen molar-refractivity contribution in [3.8, 4) is 0 Å². The number of alkyl halides is 3. The molecule has 176 valence electrons. The molecule has 3 aromatic rings. The summed E-state index contributed by atoms with van der Waals surface area (Å²) in [6, 6.07) is 0.997. The highest BCUT2D eigenvalue weighted by molar-refractivity contribution is 7.21. The third-order valence-electron chi connectivity index (χ3n) is 5.53. The van der Waals surface area contributed by atoms with Gasteiger partial charge in [-0.1, -0.05) is 0 Å². The summed E-state index contributed by atoms with van der Waals surface area (Å²) in [7, 11) is 0. The van der Waals surface area contributed by atoms with Crippen molar-refractivity contribution in [1.29, 1.82) is 0 Å². The van der Waals surface area contributed by atoms with Crippen LogP contribution in [0.15, 0.2) is 24.7 Å². The standard InChI is InChI=1S/C20H21F3N6O3S/c21-20(22,23)11-7-14(28-18-15(11)16(24)17(33-18)19(31)32)29-5-1-10(2-6-29)27-9-13(30)12-8-25-3-4-26-12/h3-4,7-8,10,13,27,30H,1-2,5-6,9,24H2,(H,31,32). The van der Waals surface area contributed by atoms with E-state index in [1.807, 2.05) is 0 Å². The van der Waals surface area contributed by atoms with Crippen LogP contribution in [0.4, 0.5) is 24.7 Å². The quantitative estimate of drug-likeness (QED) is 0.418. The lowest BCUT2D eigenvalue weighted by molar-refractivity contribution is -0.136. The number of halogens is 3. The van der Waals surface area contributed by atoms with Gasteiger partial charge in [-0.15, -0.1) is 11.3 Å². The second-order valence-electron chi connectivity index (χ2n) is 7.67. The van der Waals surface area contributed by atoms with E-state index in [2.05, 4.69) is 20.3 Å². The fraction of sp³-hybridized carbons (Fsp3) is 0.400. The second kappa shape index (κ2) is 9.08. The predicted octanol–water partition coefficient (Wildman–Crippen LogP) is 2.68. The zero-order valence-corrected chi connectivity index (χ0v) is 18.0. The van der Waals surface area contributed by atoms with Crippen molar-refractivity contribution >= 4 is 39.0 Å². The van der Waals surface area contributed by atoms with E-state index in [0.29, 0.717) is 43.0 Å². The van der Waals surface area contributed by atoms with Gasteiger partial charge >= 0.3 is 12.1 Å². The Hall–Kier alpha value is -3.03. The van der Waals surface area contributed by atoms with Gasteiger partial charge in [0.25, 0.3) is 0 Å². The number of aliphatic hydroxyl groups is 1. The number of aromatic nitrogens is 3. The van der Waals surface area contributed by atoms with E-state index in [9.17, 15) is 28.2 Å². The number of thiophene rings is 1. The number of aromatic carboxylic acids is 1. The fourth-order valence-corrected chi connectivity index (χ4v) is 4.78. The highest BCUT2D eigenvalue weighted by Crippen LogP contribution is 2.43. The van der Waals surface area contributed by atoms with Crippen molar-refractivity contribution in [3.63, 3.8) is 0 Å².